The Kier molecular flexibility index (Phi) is 5.92. The molecule has 7 heteroatoms. The van der Waals surface area contributed by atoms with Gasteiger partial charge in [0.05, 0.1) is 5.56 Å². The number of nitrogens with zero attached hydrogens (tertiary/aromatic N) is 2. The number of carbonyl (C=O) groups excluding carboxylic acids is 1. The van der Waals surface area contributed by atoms with Gasteiger partial charge in [0.2, 0.25) is 5.88 Å². The zero-order valence-corrected chi connectivity index (χ0v) is 20.0. The first kappa shape index (κ1) is 23.1. The van der Waals surface area contributed by atoms with E-state index in [0.29, 0.717) is 22.7 Å². The number of ether oxygens (including phenoxy) is 2. The fourth-order valence-corrected chi connectivity index (χ4v) is 3.79. The van der Waals surface area contributed by atoms with Crippen LogP contribution in [0.25, 0.3) is 0 Å². The largest absolute Gasteiger partial charge is 0.483 e. The van der Waals surface area contributed by atoms with Crippen LogP contribution in [0.5, 0.6) is 17.4 Å². The smallest absolute Gasteiger partial charge is 0.323 e. The lowest BCUT2D eigenvalue weighted by Crippen LogP contribution is -2.24. The SMILES string of the molecule is CC1(C)Cc2cccc(Oc3ncc(C#N)cc3NC(=O)Nc3ccc(C(C)(C)C)cc3)c2O1. The summed E-state index contributed by atoms with van der Waals surface area (Å²) in [6.07, 6.45) is 2.17. The van der Waals surface area contributed by atoms with Crippen molar-refractivity contribution in [3.63, 3.8) is 0 Å². The second-order valence-electron chi connectivity index (χ2n) is 9.98. The van der Waals surface area contributed by atoms with E-state index in [9.17, 15) is 10.1 Å². The predicted molar refractivity (Wildman–Crippen MR) is 132 cm³/mol. The maximum Gasteiger partial charge on any atom is 0.323 e. The monoisotopic (exact) mass is 456 g/mol. The molecule has 0 fully saturated rings. The second kappa shape index (κ2) is 8.71. The number of anilines is 2. The van der Waals surface area contributed by atoms with Gasteiger partial charge in [0.1, 0.15) is 17.4 Å². The zero-order valence-electron chi connectivity index (χ0n) is 20.0. The number of pyridine rings is 1. The summed E-state index contributed by atoms with van der Waals surface area (Å²) in [5.74, 6) is 1.33. The summed E-state index contributed by atoms with van der Waals surface area (Å²) in [5, 5.41) is 14.9. The molecule has 0 bridgehead atoms. The van der Waals surface area contributed by atoms with Crippen molar-refractivity contribution >= 4 is 17.4 Å². The molecular weight excluding hydrogens is 428 g/mol. The fourth-order valence-electron chi connectivity index (χ4n) is 3.79. The van der Waals surface area contributed by atoms with Gasteiger partial charge in [-0.3, -0.25) is 0 Å². The van der Waals surface area contributed by atoms with Crippen LogP contribution >= 0.6 is 0 Å². The number of nitrogens with one attached hydrogen (secondary N) is 2. The summed E-state index contributed by atoms with van der Waals surface area (Å²) >= 11 is 0. The molecule has 0 aliphatic carbocycles. The van der Waals surface area contributed by atoms with Crippen LogP contribution in [-0.4, -0.2) is 16.6 Å². The quantitative estimate of drug-likeness (QED) is 0.473. The standard InChI is InChI=1S/C27H28N4O3/c1-26(2,3)19-9-11-20(12-10-19)30-25(32)31-21-13-17(15-28)16-29-24(21)33-22-8-6-7-18-14-27(4,5)34-23(18)22/h6-13,16H,14H2,1-5H3,(H2,30,31,32). The number of nitriles is 1. The molecule has 1 aliphatic heterocycles. The minimum atomic E-state index is -0.471. The highest BCUT2D eigenvalue weighted by Crippen LogP contribution is 2.44. The number of amides is 2. The summed E-state index contributed by atoms with van der Waals surface area (Å²) in [6.45, 7) is 10.4. The predicted octanol–water partition coefficient (Wildman–Crippen LogP) is 6.40. The lowest BCUT2D eigenvalue weighted by molar-refractivity contribution is 0.135. The van der Waals surface area contributed by atoms with Crippen molar-refractivity contribution in [3.05, 3.63) is 71.4 Å². The van der Waals surface area contributed by atoms with Crippen LogP contribution in [0.15, 0.2) is 54.7 Å². The van der Waals surface area contributed by atoms with Gasteiger partial charge in [0.15, 0.2) is 11.5 Å². The number of hydrogen-bond acceptors (Lipinski definition) is 5. The number of fused-ring (bicyclic) bond motifs is 1. The van der Waals surface area contributed by atoms with Crippen LogP contribution in [0.4, 0.5) is 16.2 Å². The number of rotatable bonds is 4. The summed E-state index contributed by atoms with van der Waals surface area (Å²) in [5.41, 5.74) is 3.12. The lowest BCUT2D eigenvalue weighted by Gasteiger charge is -2.19. The Bertz CT molecular complexity index is 1270. The first-order chi connectivity index (χ1) is 16.0. The molecule has 174 valence electrons. The molecule has 3 aromatic rings. The van der Waals surface area contributed by atoms with Crippen LogP contribution < -0.4 is 20.1 Å². The first-order valence-corrected chi connectivity index (χ1v) is 11.1. The van der Waals surface area contributed by atoms with Gasteiger partial charge in [-0.1, -0.05) is 45.0 Å². The van der Waals surface area contributed by atoms with Gasteiger partial charge in [-0.05, 0) is 49.1 Å². The van der Waals surface area contributed by atoms with Crippen molar-refractivity contribution in [2.24, 2.45) is 0 Å². The van der Waals surface area contributed by atoms with Crippen molar-refractivity contribution in [3.8, 4) is 23.4 Å². The average molecular weight is 457 g/mol. The normalized spacial score (nSPS) is 13.9. The molecule has 0 unspecified atom stereocenters. The lowest BCUT2D eigenvalue weighted by atomic mass is 9.87. The number of para-hydroxylation sites is 1. The van der Waals surface area contributed by atoms with Gasteiger partial charge in [0.25, 0.3) is 0 Å². The van der Waals surface area contributed by atoms with Crippen molar-refractivity contribution in [2.45, 2.75) is 52.1 Å². The molecule has 1 aliphatic rings. The Morgan fingerprint density at radius 2 is 1.88 bits per heavy atom. The summed E-state index contributed by atoms with van der Waals surface area (Å²) in [7, 11) is 0. The molecular formula is C27H28N4O3. The Labute approximate surface area is 199 Å². The van der Waals surface area contributed by atoms with Gasteiger partial charge in [-0.2, -0.15) is 5.26 Å². The fraction of sp³-hybridized carbons (Fsp3) is 0.296. The molecule has 34 heavy (non-hydrogen) atoms. The molecule has 0 radical (unpaired) electrons. The number of hydrogen-bond donors (Lipinski definition) is 2. The third-order valence-corrected chi connectivity index (χ3v) is 5.50. The zero-order chi connectivity index (χ0) is 24.5. The molecule has 0 spiro atoms. The van der Waals surface area contributed by atoms with Crippen molar-refractivity contribution in [1.82, 2.24) is 4.98 Å². The molecule has 1 aromatic heterocycles. The summed E-state index contributed by atoms with van der Waals surface area (Å²) in [6, 6.07) is 16.5. The van der Waals surface area contributed by atoms with Crippen molar-refractivity contribution in [2.75, 3.05) is 10.6 Å². The van der Waals surface area contributed by atoms with Crippen LogP contribution in [-0.2, 0) is 11.8 Å². The first-order valence-electron chi connectivity index (χ1n) is 11.1. The van der Waals surface area contributed by atoms with Gasteiger partial charge < -0.3 is 20.1 Å². The van der Waals surface area contributed by atoms with Crippen molar-refractivity contribution in [1.29, 1.82) is 5.26 Å². The average Bonchev–Trinajstić information content (AvgIpc) is 3.09. The van der Waals surface area contributed by atoms with E-state index in [-0.39, 0.29) is 22.6 Å². The molecule has 0 atom stereocenters. The maximum atomic E-state index is 12.7. The van der Waals surface area contributed by atoms with Crippen LogP contribution in [0, 0.1) is 11.3 Å². The molecule has 4 rings (SSSR count). The molecule has 2 aromatic carbocycles. The number of urea groups is 1. The third-order valence-electron chi connectivity index (χ3n) is 5.50. The van der Waals surface area contributed by atoms with Gasteiger partial charge in [-0.25, -0.2) is 9.78 Å². The summed E-state index contributed by atoms with van der Waals surface area (Å²) in [4.78, 5) is 17.0. The number of aromatic nitrogens is 1. The number of carbonyl (C=O) groups is 1. The van der Waals surface area contributed by atoms with E-state index in [1.165, 1.54) is 17.8 Å². The van der Waals surface area contributed by atoms with Gasteiger partial charge >= 0.3 is 6.03 Å². The maximum absolute atomic E-state index is 12.7. The van der Waals surface area contributed by atoms with Crippen LogP contribution in [0.1, 0.15) is 51.3 Å². The number of benzene rings is 2. The molecule has 2 heterocycles. The van der Waals surface area contributed by atoms with Crippen LogP contribution in [0.3, 0.4) is 0 Å². The molecule has 2 N–H and O–H groups in total. The molecule has 7 nitrogen and oxygen atoms in total. The third kappa shape index (κ3) is 5.12. The van der Waals surface area contributed by atoms with Crippen LogP contribution in [0.2, 0.25) is 0 Å². The highest BCUT2D eigenvalue weighted by molar-refractivity contribution is 6.00. The highest BCUT2D eigenvalue weighted by atomic mass is 16.5. The van der Waals surface area contributed by atoms with E-state index in [0.717, 1.165) is 12.0 Å². The Morgan fingerprint density at radius 1 is 1.15 bits per heavy atom. The van der Waals surface area contributed by atoms with E-state index in [4.69, 9.17) is 9.47 Å². The van der Waals surface area contributed by atoms with Crippen molar-refractivity contribution < 1.29 is 14.3 Å². The molecule has 0 saturated carbocycles. The second-order valence-corrected chi connectivity index (χ2v) is 9.98. The highest BCUT2D eigenvalue weighted by Gasteiger charge is 2.32. The van der Waals surface area contributed by atoms with Gasteiger partial charge in [0, 0.05) is 23.9 Å². The minimum absolute atomic E-state index is 0.0208. The Balaban J connectivity index is 1.55. The van der Waals surface area contributed by atoms with E-state index in [1.807, 2.05) is 56.3 Å². The topological polar surface area (TPSA) is 96.3 Å². The van der Waals surface area contributed by atoms with E-state index >= 15 is 0 Å². The van der Waals surface area contributed by atoms with Gasteiger partial charge in [-0.15, -0.1) is 0 Å². The van der Waals surface area contributed by atoms with E-state index in [1.54, 1.807) is 6.07 Å². The molecule has 0 saturated heterocycles. The molecule has 2 amide bonds. The minimum Gasteiger partial charge on any atom is -0.483 e. The Morgan fingerprint density at radius 3 is 2.56 bits per heavy atom. The summed E-state index contributed by atoms with van der Waals surface area (Å²) < 4.78 is 12.1. The van der Waals surface area contributed by atoms with E-state index in [2.05, 4.69) is 36.4 Å². The van der Waals surface area contributed by atoms with E-state index < -0.39 is 6.03 Å². The Hall–Kier alpha value is -4.05.